The highest BCUT2D eigenvalue weighted by Crippen LogP contribution is 2.32. The first-order chi connectivity index (χ1) is 17.1. The molecule has 2 atom stereocenters. The topological polar surface area (TPSA) is 82.2 Å². The molecule has 8 heteroatoms. The summed E-state index contributed by atoms with van der Waals surface area (Å²) in [6, 6.07) is 19.9. The van der Waals surface area contributed by atoms with E-state index in [2.05, 4.69) is 33.7 Å². The fourth-order valence-corrected chi connectivity index (χ4v) is 5.31. The van der Waals surface area contributed by atoms with Crippen molar-refractivity contribution in [2.75, 3.05) is 7.11 Å². The molecule has 0 saturated heterocycles. The number of carbonyl (C=O) groups excluding carboxylic acids is 1. The van der Waals surface area contributed by atoms with Crippen LogP contribution in [-0.2, 0) is 17.8 Å². The highest BCUT2D eigenvalue weighted by atomic mass is 32.2. The summed E-state index contributed by atoms with van der Waals surface area (Å²) in [5.41, 5.74) is 3.43. The maximum Gasteiger partial charge on any atom is 0.233 e. The maximum atomic E-state index is 13.2. The van der Waals surface area contributed by atoms with E-state index >= 15 is 0 Å². The number of methoxy groups -OCH3 is 1. The highest BCUT2D eigenvalue weighted by Gasteiger charge is 2.26. The summed E-state index contributed by atoms with van der Waals surface area (Å²) >= 11 is 1.40. The second-order valence-corrected chi connectivity index (χ2v) is 9.92. The van der Waals surface area contributed by atoms with Gasteiger partial charge < -0.3 is 14.5 Å². The van der Waals surface area contributed by atoms with Crippen LogP contribution in [0.15, 0.2) is 76.5 Å². The molecule has 2 aromatic carbocycles. The first-order valence-corrected chi connectivity index (χ1v) is 12.6. The Kier molecular flexibility index (Phi) is 6.90. The van der Waals surface area contributed by atoms with Crippen LogP contribution in [0.4, 0.5) is 0 Å². The number of nitrogens with one attached hydrogen (secondary N) is 1. The lowest BCUT2D eigenvalue weighted by Crippen LogP contribution is -2.36. The Morgan fingerprint density at radius 1 is 1.20 bits per heavy atom. The van der Waals surface area contributed by atoms with Gasteiger partial charge in [0.25, 0.3) is 0 Å². The van der Waals surface area contributed by atoms with E-state index in [1.807, 2.05) is 54.0 Å². The van der Waals surface area contributed by atoms with Crippen molar-refractivity contribution in [2.24, 2.45) is 0 Å². The number of carbonyl (C=O) groups is 1. The summed E-state index contributed by atoms with van der Waals surface area (Å²) in [6.45, 7) is 2.37. The second-order valence-electron chi connectivity index (χ2n) is 8.62. The van der Waals surface area contributed by atoms with Gasteiger partial charge in [-0.3, -0.25) is 9.36 Å². The van der Waals surface area contributed by atoms with Gasteiger partial charge in [-0.25, -0.2) is 0 Å². The predicted octanol–water partition coefficient (Wildman–Crippen LogP) is 5.27. The van der Waals surface area contributed by atoms with Crippen molar-refractivity contribution in [1.29, 1.82) is 0 Å². The molecule has 0 saturated carbocycles. The van der Waals surface area contributed by atoms with Crippen LogP contribution >= 0.6 is 11.8 Å². The molecule has 1 N–H and O–H groups in total. The third kappa shape index (κ3) is 5.12. The van der Waals surface area contributed by atoms with Gasteiger partial charge in [0, 0.05) is 5.56 Å². The molecule has 1 aliphatic rings. The predicted molar refractivity (Wildman–Crippen MR) is 135 cm³/mol. The number of ether oxygens (including phenoxy) is 1. The summed E-state index contributed by atoms with van der Waals surface area (Å²) in [6.07, 6.45) is 4.74. The summed E-state index contributed by atoms with van der Waals surface area (Å²) < 4.78 is 13.0. The number of nitrogens with zero attached hydrogens (tertiary/aromatic N) is 3. The molecule has 5 rings (SSSR count). The molecule has 7 nitrogen and oxygen atoms in total. The SMILES string of the molecule is COc1cccc(-c2nnc(SC(C)C(=O)NC3CCCc4ccccc43)n2Cc2ccco2)c1. The number of hydrogen-bond acceptors (Lipinski definition) is 6. The maximum absolute atomic E-state index is 13.2. The average molecular weight is 489 g/mol. The standard InChI is InChI=1S/C27H28N4O3S/c1-18(26(32)28-24-14-6-9-19-8-3-4-13-23(19)24)35-27-30-29-25(20-10-5-11-21(16-20)33-2)31(27)17-22-12-7-15-34-22/h3-5,7-8,10-13,15-16,18,24H,6,9,14,17H2,1-2H3,(H,28,32). The number of furan rings is 1. The summed E-state index contributed by atoms with van der Waals surface area (Å²) in [7, 11) is 1.64. The quantitative estimate of drug-likeness (QED) is 0.340. The molecule has 2 unspecified atom stereocenters. The fourth-order valence-electron chi connectivity index (χ4n) is 4.46. The normalized spacial score (nSPS) is 15.9. The lowest BCUT2D eigenvalue weighted by Gasteiger charge is -2.27. The molecule has 0 spiro atoms. The van der Waals surface area contributed by atoms with E-state index in [1.54, 1.807) is 13.4 Å². The van der Waals surface area contributed by atoms with Crippen LogP contribution < -0.4 is 10.1 Å². The van der Waals surface area contributed by atoms with Crippen molar-refractivity contribution in [3.05, 3.63) is 83.8 Å². The number of fused-ring (bicyclic) bond motifs is 1. The van der Waals surface area contributed by atoms with Crippen LogP contribution in [0.1, 0.15) is 42.7 Å². The molecule has 4 aromatic rings. The Hall–Kier alpha value is -3.52. The Morgan fingerprint density at radius 2 is 2.09 bits per heavy atom. The Morgan fingerprint density at radius 3 is 2.91 bits per heavy atom. The Bertz CT molecular complexity index is 1300. The number of thioether (sulfide) groups is 1. The molecule has 2 heterocycles. The lowest BCUT2D eigenvalue weighted by molar-refractivity contribution is -0.121. The van der Waals surface area contributed by atoms with Crippen LogP contribution in [0.2, 0.25) is 0 Å². The molecule has 0 aliphatic heterocycles. The third-order valence-corrected chi connectivity index (χ3v) is 7.36. The summed E-state index contributed by atoms with van der Waals surface area (Å²) in [4.78, 5) is 13.2. The molecular formula is C27H28N4O3S. The molecule has 1 aliphatic carbocycles. The molecule has 0 radical (unpaired) electrons. The molecule has 1 amide bonds. The van der Waals surface area contributed by atoms with Gasteiger partial charge in [0.2, 0.25) is 5.91 Å². The van der Waals surface area contributed by atoms with Gasteiger partial charge in [-0.15, -0.1) is 10.2 Å². The van der Waals surface area contributed by atoms with Gasteiger partial charge in [-0.2, -0.15) is 0 Å². The van der Waals surface area contributed by atoms with Crippen LogP contribution in [0, 0.1) is 0 Å². The smallest absolute Gasteiger partial charge is 0.233 e. The molecular weight excluding hydrogens is 460 g/mol. The van der Waals surface area contributed by atoms with Gasteiger partial charge in [0.1, 0.15) is 11.5 Å². The molecule has 35 heavy (non-hydrogen) atoms. The van der Waals surface area contributed by atoms with E-state index < -0.39 is 0 Å². The Labute approximate surface area is 208 Å². The van der Waals surface area contributed by atoms with Gasteiger partial charge >= 0.3 is 0 Å². The van der Waals surface area contributed by atoms with Crippen LogP contribution in [-0.4, -0.2) is 33.0 Å². The zero-order valence-corrected chi connectivity index (χ0v) is 20.6. The first-order valence-electron chi connectivity index (χ1n) is 11.8. The van der Waals surface area contributed by atoms with Gasteiger partial charge in [0.15, 0.2) is 11.0 Å². The number of aromatic nitrogens is 3. The van der Waals surface area contributed by atoms with Crippen LogP contribution in [0.5, 0.6) is 5.75 Å². The average Bonchev–Trinajstić information content (AvgIpc) is 3.55. The van der Waals surface area contributed by atoms with E-state index in [9.17, 15) is 4.79 Å². The molecule has 0 fully saturated rings. The summed E-state index contributed by atoms with van der Waals surface area (Å²) in [5.74, 6) is 2.21. The number of aryl methyl sites for hydroxylation is 1. The van der Waals surface area contributed by atoms with Gasteiger partial charge in [0.05, 0.1) is 31.2 Å². The first kappa shape index (κ1) is 23.2. The number of benzene rings is 2. The zero-order valence-electron chi connectivity index (χ0n) is 19.8. The molecule has 2 aromatic heterocycles. The minimum atomic E-state index is -0.346. The van der Waals surface area contributed by atoms with E-state index in [-0.39, 0.29) is 17.2 Å². The Balaban J connectivity index is 1.37. The highest BCUT2D eigenvalue weighted by molar-refractivity contribution is 8.00. The van der Waals surface area contributed by atoms with Gasteiger partial charge in [-0.1, -0.05) is 48.2 Å². The van der Waals surface area contributed by atoms with Crippen molar-refractivity contribution >= 4 is 17.7 Å². The largest absolute Gasteiger partial charge is 0.497 e. The molecule has 0 bridgehead atoms. The third-order valence-electron chi connectivity index (χ3n) is 6.28. The summed E-state index contributed by atoms with van der Waals surface area (Å²) in [5, 5.41) is 12.5. The van der Waals surface area contributed by atoms with Crippen molar-refractivity contribution in [2.45, 2.75) is 49.2 Å². The van der Waals surface area contributed by atoms with Crippen molar-refractivity contribution in [3.63, 3.8) is 0 Å². The second kappa shape index (κ2) is 10.4. The van der Waals surface area contributed by atoms with E-state index in [1.165, 1.54) is 22.9 Å². The van der Waals surface area contributed by atoms with Crippen molar-refractivity contribution < 1.29 is 13.9 Å². The van der Waals surface area contributed by atoms with Crippen LogP contribution in [0.3, 0.4) is 0 Å². The van der Waals surface area contributed by atoms with Crippen LogP contribution in [0.25, 0.3) is 11.4 Å². The van der Waals surface area contributed by atoms with E-state index in [0.29, 0.717) is 17.5 Å². The van der Waals surface area contributed by atoms with Crippen molar-refractivity contribution in [1.82, 2.24) is 20.1 Å². The monoisotopic (exact) mass is 488 g/mol. The number of rotatable bonds is 8. The zero-order chi connectivity index (χ0) is 24.2. The number of amides is 1. The van der Waals surface area contributed by atoms with Crippen molar-refractivity contribution in [3.8, 4) is 17.1 Å². The van der Waals surface area contributed by atoms with E-state index in [0.717, 1.165) is 36.3 Å². The minimum Gasteiger partial charge on any atom is -0.497 e. The minimum absolute atomic E-state index is 0.00724. The fraction of sp³-hybridized carbons (Fsp3) is 0.296. The molecule has 180 valence electrons. The number of hydrogen-bond donors (Lipinski definition) is 1. The lowest BCUT2D eigenvalue weighted by atomic mass is 9.88. The van der Waals surface area contributed by atoms with Gasteiger partial charge in [-0.05, 0) is 61.6 Å². The van der Waals surface area contributed by atoms with E-state index in [4.69, 9.17) is 9.15 Å².